The van der Waals surface area contributed by atoms with Crippen molar-refractivity contribution in [2.24, 2.45) is 5.73 Å². The Bertz CT molecular complexity index is 368. The molecule has 1 saturated heterocycles. The highest BCUT2D eigenvalue weighted by molar-refractivity contribution is 5.49. The van der Waals surface area contributed by atoms with Gasteiger partial charge in [-0.15, -0.1) is 0 Å². The minimum absolute atomic E-state index is 0.663. The first-order valence-electron chi connectivity index (χ1n) is 6.98. The number of hydrogen-bond acceptors (Lipinski definition) is 3. The fourth-order valence-corrected chi connectivity index (χ4v) is 2.57. The van der Waals surface area contributed by atoms with Crippen molar-refractivity contribution in [2.45, 2.75) is 26.3 Å². The van der Waals surface area contributed by atoms with Gasteiger partial charge < -0.3 is 10.6 Å². The SMILES string of the molecule is CC(C)N1CCN(c2cccc(CCN)c2)CC1. The number of benzene rings is 1. The first-order chi connectivity index (χ1) is 8.70. The zero-order valence-electron chi connectivity index (χ0n) is 11.6. The van der Waals surface area contributed by atoms with E-state index in [-0.39, 0.29) is 0 Å². The number of piperazine rings is 1. The van der Waals surface area contributed by atoms with Crippen molar-refractivity contribution < 1.29 is 0 Å². The zero-order valence-corrected chi connectivity index (χ0v) is 11.6. The number of rotatable bonds is 4. The van der Waals surface area contributed by atoms with Crippen LogP contribution in [-0.2, 0) is 6.42 Å². The Kier molecular flexibility index (Phi) is 4.61. The van der Waals surface area contributed by atoms with Crippen molar-refractivity contribution in [3.63, 3.8) is 0 Å². The lowest BCUT2D eigenvalue weighted by Gasteiger charge is -2.38. The van der Waals surface area contributed by atoms with Crippen LogP contribution in [0, 0.1) is 0 Å². The van der Waals surface area contributed by atoms with Crippen molar-refractivity contribution in [3.05, 3.63) is 29.8 Å². The van der Waals surface area contributed by atoms with E-state index in [4.69, 9.17) is 5.73 Å². The Balaban J connectivity index is 1.98. The van der Waals surface area contributed by atoms with Crippen molar-refractivity contribution >= 4 is 5.69 Å². The second kappa shape index (κ2) is 6.21. The second-order valence-electron chi connectivity index (χ2n) is 5.33. The molecule has 3 nitrogen and oxygen atoms in total. The number of nitrogens with zero attached hydrogens (tertiary/aromatic N) is 2. The lowest BCUT2D eigenvalue weighted by Crippen LogP contribution is -2.48. The molecule has 2 N–H and O–H groups in total. The molecule has 0 amide bonds. The second-order valence-corrected chi connectivity index (χ2v) is 5.33. The summed E-state index contributed by atoms with van der Waals surface area (Å²) >= 11 is 0. The minimum atomic E-state index is 0.663. The van der Waals surface area contributed by atoms with Crippen molar-refractivity contribution in [2.75, 3.05) is 37.6 Å². The van der Waals surface area contributed by atoms with Gasteiger partial charge >= 0.3 is 0 Å². The van der Waals surface area contributed by atoms with Crippen molar-refractivity contribution in [1.29, 1.82) is 0 Å². The number of hydrogen-bond donors (Lipinski definition) is 1. The van der Waals surface area contributed by atoms with Crippen LogP contribution in [-0.4, -0.2) is 43.7 Å². The third kappa shape index (κ3) is 3.24. The first-order valence-corrected chi connectivity index (χ1v) is 6.98. The largest absolute Gasteiger partial charge is 0.369 e. The van der Waals surface area contributed by atoms with Crippen LogP contribution in [0.25, 0.3) is 0 Å². The molecule has 1 aromatic rings. The maximum absolute atomic E-state index is 5.62. The summed E-state index contributed by atoms with van der Waals surface area (Å²) in [6, 6.07) is 9.48. The summed E-state index contributed by atoms with van der Waals surface area (Å²) < 4.78 is 0. The summed E-state index contributed by atoms with van der Waals surface area (Å²) in [6.45, 7) is 9.87. The van der Waals surface area contributed by atoms with E-state index in [2.05, 4.69) is 47.9 Å². The van der Waals surface area contributed by atoms with Crippen LogP contribution in [0.15, 0.2) is 24.3 Å². The van der Waals surface area contributed by atoms with Gasteiger partial charge in [-0.3, -0.25) is 4.90 Å². The molecule has 0 radical (unpaired) electrons. The molecule has 100 valence electrons. The molecule has 3 heteroatoms. The summed E-state index contributed by atoms with van der Waals surface area (Å²) in [5, 5.41) is 0. The summed E-state index contributed by atoms with van der Waals surface area (Å²) in [5.74, 6) is 0. The molecule has 18 heavy (non-hydrogen) atoms. The zero-order chi connectivity index (χ0) is 13.0. The standard InChI is InChI=1S/C15H25N3/c1-13(2)17-8-10-18(11-9-17)15-5-3-4-14(12-15)6-7-16/h3-5,12-13H,6-11,16H2,1-2H3. The molecule has 0 aliphatic carbocycles. The van der Waals surface area contributed by atoms with Crippen molar-refractivity contribution in [1.82, 2.24) is 4.90 Å². The van der Waals surface area contributed by atoms with E-state index in [0.717, 1.165) is 26.1 Å². The van der Waals surface area contributed by atoms with Gasteiger partial charge in [0.1, 0.15) is 0 Å². The highest BCUT2D eigenvalue weighted by Gasteiger charge is 2.18. The molecule has 1 aliphatic heterocycles. The van der Waals surface area contributed by atoms with Gasteiger partial charge in [-0.1, -0.05) is 12.1 Å². The summed E-state index contributed by atoms with van der Waals surface area (Å²) in [5.41, 5.74) is 8.32. The molecular formula is C15H25N3. The Morgan fingerprint density at radius 2 is 1.89 bits per heavy atom. The highest BCUT2D eigenvalue weighted by Crippen LogP contribution is 2.19. The van der Waals surface area contributed by atoms with Gasteiger partial charge in [-0.05, 0) is 44.5 Å². The van der Waals surface area contributed by atoms with Crippen molar-refractivity contribution in [3.8, 4) is 0 Å². The quantitative estimate of drug-likeness (QED) is 0.879. The van der Waals surface area contributed by atoms with E-state index in [0.29, 0.717) is 6.04 Å². The minimum Gasteiger partial charge on any atom is -0.369 e. The highest BCUT2D eigenvalue weighted by atomic mass is 15.3. The van der Waals surface area contributed by atoms with Crippen LogP contribution in [0.3, 0.4) is 0 Å². The molecule has 0 saturated carbocycles. The molecule has 1 heterocycles. The Morgan fingerprint density at radius 3 is 2.50 bits per heavy atom. The molecule has 0 spiro atoms. The van der Waals surface area contributed by atoms with E-state index in [1.165, 1.54) is 24.3 Å². The monoisotopic (exact) mass is 247 g/mol. The fraction of sp³-hybridized carbons (Fsp3) is 0.600. The number of anilines is 1. The Hall–Kier alpha value is -1.06. The predicted molar refractivity (Wildman–Crippen MR) is 78.1 cm³/mol. The molecule has 0 bridgehead atoms. The molecular weight excluding hydrogens is 222 g/mol. The Labute approximate surface area is 111 Å². The molecule has 1 fully saturated rings. The molecule has 2 rings (SSSR count). The van der Waals surface area contributed by atoms with Crippen LogP contribution in [0.2, 0.25) is 0 Å². The maximum Gasteiger partial charge on any atom is 0.0369 e. The van der Waals surface area contributed by atoms with Crippen LogP contribution in [0.1, 0.15) is 19.4 Å². The van der Waals surface area contributed by atoms with E-state index < -0.39 is 0 Å². The van der Waals surface area contributed by atoms with E-state index in [1.54, 1.807) is 0 Å². The molecule has 0 atom stereocenters. The van der Waals surface area contributed by atoms with Crippen LogP contribution >= 0.6 is 0 Å². The van der Waals surface area contributed by atoms with Crippen LogP contribution < -0.4 is 10.6 Å². The number of nitrogens with two attached hydrogens (primary N) is 1. The third-order valence-electron chi connectivity index (χ3n) is 3.75. The lowest BCUT2D eigenvalue weighted by atomic mass is 10.1. The maximum atomic E-state index is 5.62. The van der Waals surface area contributed by atoms with Gasteiger partial charge in [0.25, 0.3) is 0 Å². The molecule has 0 unspecified atom stereocenters. The van der Waals surface area contributed by atoms with Gasteiger partial charge in [-0.2, -0.15) is 0 Å². The normalized spacial score (nSPS) is 17.4. The summed E-state index contributed by atoms with van der Waals surface area (Å²) in [7, 11) is 0. The molecule has 1 aromatic carbocycles. The average Bonchev–Trinajstić information content (AvgIpc) is 2.39. The molecule has 1 aliphatic rings. The van der Waals surface area contributed by atoms with Crippen LogP contribution in [0.5, 0.6) is 0 Å². The van der Waals surface area contributed by atoms with E-state index in [1.807, 2.05) is 0 Å². The lowest BCUT2D eigenvalue weighted by molar-refractivity contribution is 0.209. The van der Waals surface area contributed by atoms with Gasteiger partial charge in [-0.25, -0.2) is 0 Å². The predicted octanol–water partition coefficient (Wildman–Crippen LogP) is 1.72. The van der Waals surface area contributed by atoms with Gasteiger partial charge in [0.2, 0.25) is 0 Å². The van der Waals surface area contributed by atoms with E-state index >= 15 is 0 Å². The Morgan fingerprint density at radius 1 is 1.17 bits per heavy atom. The van der Waals surface area contributed by atoms with Gasteiger partial charge in [0.05, 0.1) is 0 Å². The summed E-state index contributed by atoms with van der Waals surface area (Å²) in [4.78, 5) is 5.03. The summed E-state index contributed by atoms with van der Waals surface area (Å²) in [6.07, 6.45) is 0.972. The first kappa shape index (κ1) is 13.4. The van der Waals surface area contributed by atoms with Crippen LogP contribution in [0.4, 0.5) is 5.69 Å². The topological polar surface area (TPSA) is 32.5 Å². The van der Waals surface area contributed by atoms with Gasteiger partial charge in [0, 0.05) is 37.9 Å². The average molecular weight is 247 g/mol. The van der Waals surface area contributed by atoms with Gasteiger partial charge in [0.15, 0.2) is 0 Å². The molecule has 0 aromatic heterocycles. The smallest absolute Gasteiger partial charge is 0.0369 e. The third-order valence-corrected chi connectivity index (χ3v) is 3.75. The fourth-order valence-electron chi connectivity index (χ4n) is 2.57. The van der Waals surface area contributed by atoms with E-state index in [9.17, 15) is 0 Å².